The summed E-state index contributed by atoms with van der Waals surface area (Å²) in [5, 5.41) is 9.89. The molecule has 1 unspecified atom stereocenters. The van der Waals surface area contributed by atoms with Gasteiger partial charge in [0.1, 0.15) is 11.4 Å². The lowest BCUT2D eigenvalue weighted by atomic mass is 9.94. The Labute approximate surface area is 138 Å². The van der Waals surface area contributed by atoms with Gasteiger partial charge in [0.15, 0.2) is 0 Å². The van der Waals surface area contributed by atoms with Gasteiger partial charge in [0.2, 0.25) is 5.43 Å². The molecule has 24 heavy (non-hydrogen) atoms. The maximum atomic E-state index is 12.7. The van der Waals surface area contributed by atoms with Crippen molar-refractivity contribution in [1.82, 2.24) is 14.1 Å². The zero-order chi connectivity index (χ0) is 17.2. The number of pyridine rings is 1. The second-order valence-corrected chi connectivity index (χ2v) is 6.49. The summed E-state index contributed by atoms with van der Waals surface area (Å²) in [5.74, 6) is -0.264. The van der Waals surface area contributed by atoms with Crippen LogP contribution in [-0.2, 0) is 13.0 Å². The van der Waals surface area contributed by atoms with Crippen molar-refractivity contribution in [1.29, 1.82) is 0 Å². The minimum atomic E-state index is -1.18. The number of hydrogen-bond acceptors (Lipinski definition) is 3. The topological polar surface area (TPSA) is 77.1 Å². The van der Waals surface area contributed by atoms with E-state index in [9.17, 15) is 14.7 Å². The summed E-state index contributed by atoms with van der Waals surface area (Å²) >= 11 is 0. The van der Waals surface area contributed by atoms with Gasteiger partial charge in [-0.3, -0.25) is 4.79 Å². The van der Waals surface area contributed by atoms with Gasteiger partial charge in [-0.05, 0) is 39.7 Å². The number of carbonyl (C=O) groups is 1. The third-order valence-electron chi connectivity index (χ3n) is 5.15. The largest absolute Gasteiger partial charge is 0.477 e. The van der Waals surface area contributed by atoms with Crippen LogP contribution >= 0.6 is 0 Å². The summed E-state index contributed by atoms with van der Waals surface area (Å²) < 4.78 is 4.01. The predicted molar refractivity (Wildman–Crippen MR) is 91.9 cm³/mol. The molecule has 6 heteroatoms. The molecule has 0 amide bonds. The number of carboxylic acids is 1. The van der Waals surface area contributed by atoms with Crippen molar-refractivity contribution >= 4 is 27.9 Å². The first-order valence-electron chi connectivity index (χ1n) is 8.24. The molecule has 1 aliphatic rings. The molecule has 1 aliphatic heterocycles. The fourth-order valence-electron chi connectivity index (χ4n) is 3.93. The van der Waals surface area contributed by atoms with Crippen LogP contribution in [0.5, 0.6) is 0 Å². The van der Waals surface area contributed by atoms with Crippen molar-refractivity contribution < 1.29 is 9.90 Å². The second-order valence-electron chi connectivity index (χ2n) is 6.49. The Kier molecular flexibility index (Phi) is 3.07. The molecular formula is C18H19N3O3. The van der Waals surface area contributed by atoms with E-state index in [-0.39, 0.29) is 11.6 Å². The molecule has 0 saturated carbocycles. The lowest BCUT2D eigenvalue weighted by Gasteiger charge is -2.26. The van der Waals surface area contributed by atoms with Gasteiger partial charge in [0.25, 0.3) is 0 Å². The molecule has 2 aromatic heterocycles. The van der Waals surface area contributed by atoms with Crippen LogP contribution in [0.4, 0.5) is 0 Å². The molecule has 3 heterocycles. The molecule has 1 N–H and O–H groups in total. The van der Waals surface area contributed by atoms with Crippen molar-refractivity contribution in [3.63, 3.8) is 0 Å². The Morgan fingerprint density at radius 2 is 2.21 bits per heavy atom. The van der Waals surface area contributed by atoms with Crippen LogP contribution in [0.1, 0.15) is 48.1 Å². The summed E-state index contributed by atoms with van der Waals surface area (Å²) in [5.41, 5.74) is 3.18. The number of aryl methyl sites for hydroxylation is 3. The van der Waals surface area contributed by atoms with E-state index < -0.39 is 11.4 Å². The van der Waals surface area contributed by atoms with Crippen LogP contribution in [0, 0.1) is 6.92 Å². The fraction of sp³-hybridized carbons (Fsp3) is 0.389. The molecule has 0 spiro atoms. The molecular weight excluding hydrogens is 306 g/mol. The lowest BCUT2D eigenvalue weighted by Crippen LogP contribution is -2.24. The summed E-state index contributed by atoms with van der Waals surface area (Å²) in [6.45, 7) is 6.81. The normalized spacial score (nSPS) is 16.9. The third-order valence-corrected chi connectivity index (χ3v) is 5.15. The highest BCUT2D eigenvalue weighted by molar-refractivity contribution is 6.01. The standard InChI is InChI=1S/C18H19N3O3/c1-4-20-10(3)19-15-11-6-5-9(2)21-8-13(18(23)24)17(22)12(16(11)21)7-14(15)20/h7-9H,4-6H2,1-3H3,(H,23,24). The molecule has 1 aromatic carbocycles. The van der Waals surface area contributed by atoms with Crippen LogP contribution in [0.15, 0.2) is 17.1 Å². The summed E-state index contributed by atoms with van der Waals surface area (Å²) in [4.78, 5) is 29.0. The van der Waals surface area contributed by atoms with Crippen molar-refractivity contribution in [2.45, 2.75) is 46.2 Å². The quantitative estimate of drug-likeness (QED) is 0.786. The van der Waals surface area contributed by atoms with E-state index in [1.807, 2.05) is 24.5 Å². The van der Waals surface area contributed by atoms with E-state index in [0.29, 0.717) is 5.39 Å². The number of aromatic carboxylic acids is 1. The highest BCUT2D eigenvalue weighted by Crippen LogP contribution is 2.35. The monoisotopic (exact) mass is 325 g/mol. The van der Waals surface area contributed by atoms with E-state index in [2.05, 4.69) is 11.5 Å². The molecule has 0 bridgehead atoms. The minimum absolute atomic E-state index is 0.158. The summed E-state index contributed by atoms with van der Waals surface area (Å²) in [7, 11) is 0. The van der Waals surface area contributed by atoms with Crippen molar-refractivity contribution in [3.05, 3.63) is 39.4 Å². The van der Waals surface area contributed by atoms with Gasteiger partial charge in [-0.2, -0.15) is 0 Å². The Morgan fingerprint density at radius 1 is 1.46 bits per heavy atom. The summed E-state index contributed by atoms with van der Waals surface area (Å²) in [6.07, 6.45) is 3.25. The number of carboxylic acid groups (broad SMARTS) is 1. The van der Waals surface area contributed by atoms with Crippen LogP contribution < -0.4 is 5.43 Å². The van der Waals surface area contributed by atoms with E-state index in [1.165, 1.54) is 6.20 Å². The molecule has 4 rings (SSSR count). The van der Waals surface area contributed by atoms with Gasteiger partial charge in [-0.25, -0.2) is 9.78 Å². The molecule has 124 valence electrons. The maximum Gasteiger partial charge on any atom is 0.341 e. The van der Waals surface area contributed by atoms with Gasteiger partial charge < -0.3 is 14.2 Å². The van der Waals surface area contributed by atoms with Gasteiger partial charge in [-0.15, -0.1) is 0 Å². The molecule has 0 radical (unpaired) electrons. The van der Waals surface area contributed by atoms with Crippen LogP contribution in [0.2, 0.25) is 0 Å². The van der Waals surface area contributed by atoms with E-state index in [4.69, 9.17) is 4.98 Å². The Hall–Kier alpha value is -2.63. The number of imidazole rings is 1. The van der Waals surface area contributed by atoms with Crippen LogP contribution in [0.3, 0.4) is 0 Å². The Morgan fingerprint density at radius 3 is 2.88 bits per heavy atom. The zero-order valence-electron chi connectivity index (χ0n) is 14.0. The zero-order valence-corrected chi connectivity index (χ0v) is 14.0. The fourth-order valence-corrected chi connectivity index (χ4v) is 3.93. The van der Waals surface area contributed by atoms with Gasteiger partial charge >= 0.3 is 5.97 Å². The number of aromatic nitrogens is 3. The van der Waals surface area contributed by atoms with Crippen LogP contribution in [0.25, 0.3) is 21.9 Å². The van der Waals surface area contributed by atoms with E-state index in [0.717, 1.165) is 47.3 Å². The minimum Gasteiger partial charge on any atom is -0.477 e. The number of nitrogens with zero attached hydrogens (tertiary/aromatic N) is 3. The molecule has 3 aromatic rings. The van der Waals surface area contributed by atoms with E-state index >= 15 is 0 Å². The highest BCUT2D eigenvalue weighted by atomic mass is 16.4. The van der Waals surface area contributed by atoms with Gasteiger partial charge in [-0.1, -0.05) is 0 Å². The Bertz CT molecular complexity index is 1070. The second kappa shape index (κ2) is 4.93. The van der Waals surface area contributed by atoms with Crippen molar-refractivity contribution in [3.8, 4) is 0 Å². The average molecular weight is 325 g/mol. The molecule has 0 aliphatic carbocycles. The lowest BCUT2D eigenvalue weighted by molar-refractivity contribution is 0.0694. The van der Waals surface area contributed by atoms with Crippen molar-refractivity contribution in [2.75, 3.05) is 0 Å². The smallest absolute Gasteiger partial charge is 0.341 e. The predicted octanol–water partition coefficient (Wildman–Crippen LogP) is 2.88. The maximum absolute atomic E-state index is 12.7. The molecule has 6 nitrogen and oxygen atoms in total. The first-order chi connectivity index (χ1) is 11.4. The number of benzene rings is 1. The van der Waals surface area contributed by atoms with Crippen LogP contribution in [-0.4, -0.2) is 25.2 Å². The van der Waals surface area contributed by atoms with Crippen molar-refractivity contribution in [2.24, 2.45) is 0 Å². The van der Waals surface area contributed by atoms with E-state index in [1.54, 1.807) is 0 Å². The number of rotatable bonds is 2. The van der Waals surface area contributed by atoms with Gasteiger partial charge in [0.05, 0.1) is 16.6 Å². The van der Waals surface area contributed by atoms with Gasteiger partial charge in [0, 0.05) is 29.7 Å². The SMILES string of the molecule is CCn1c(C)nc2c3c4c(cc21)c(=O)c(C(=O)O)cn4C(C)CC3. The summed E-state index contributed by atoms with van der Waals surface area (Å²) in [6, 6.07) is 1.98. The average Bonchev–Trinajstić information content (AvgIpc) is 2.86. The first-order valence-corrected chi connectivity index (χ1v) is 8.24. The molecule has 0 saturated heterocycles. The molecule has 1 atom stereocenters. The number of fused-ring (bicyclic) bond motifs is 2. The molecule has 0 fully saturated rings. The Balaban J connectivity index is 2.28. The first kappa shape index (κ1) is 14.9. The number of hydrogen-bond donors (Lipinski definition) is 1. The highest BCUT2D eigenvalue weighted by Gasteiger charge is 2.26. The third kappa shape index (κ3) is 1.79.